The maximum atomic E-state index is 14.7. The van der Waals surface area contributed by atoms with Gasteiger partial charge < -0.3 is 29.5 Å². The number of hydrogen-bond acceptors (Lipinski definition) is 22. The van der Waals surface area contributed by atoms with Crippen LogP contribution in [-0.4, -0.2) is 91.3 Å². The van der Waals surface area contributed by atoms with Crippen molar-refractivity contribution in [1.82, 2.24) is 18.6 Å². The maximum absolute atomic E-state index is 14.7. The second-order valence-corrected chi connectivity index (χ2v) is 27.7. The zero-order valence-corrected chi connectivity index (χ0v) is 64.8. The quantitative estimate of drug-likeness (QED) is 0.0138. The third kappa shape index (κ3) is 27.0. The van der Waals surface area contributed by atoms with Gasteiger partial charge in [0.25, 0.3) is 16.7 Å². The highest BCUT2D eigenvalue weighted by Crippen LogP contribution is 2.33. The van der Waals surface area contributed by atoms with Crippen molar-refractivity contribution in [2.75, 3.05) is 39.5 Å². The van der Waals surface area contributed by atoms with Crippen LogP contribution in [0.25, 0.3) is 0 Å². The van der Waals surface area contributed by atoms with Gasteiger partial charge in [-0.1, -0.05) is 231 Å². The lowest BCUT2D eigenvalue weighted by Gasteiger charge is -2.25. The van der Waals surface area contributed by atoms with Crippen LogP contribution in [0.4, 0.5) is 34.1 Å². The number of esters is 3. The molecule has 0 aliphatic carbocycles. The number of benzene rings is 3. The summed E-state index contributed by atoms with van der Waals surface area (Å²) in [6.45, 7) is 9.29. The van der Waals surface area contributed by atoms with Crippen molar-refractivity contribution < 1.29 is 43.9 Å². The van der Waals surface area contributed by atoms with Crippen molar-refractivity contribution in [1.29, 1.82) is 15.8 Å². The van der Waals surface area contributed by atoms with Crippen molar-refractivity contribution >= 4 is 52.0 Å². The van der Waals surface area contributed by atoms with E-state index in [1.54, 1.807) is 41.3 Å². The Bertz CT molecular complexity index is 3930. The first-order chi connectivity index (χ1) is 53.0. The van der Waals surface area contributed by atoms with E-state index in [4.69, 9.17) is 14.2 Å². The third-order valence-electron chi connectivity index (χ3n) is 19.6. The molecule has 0 fully saturated rings. The molecule has 0 atom stereocenters. The Labute approximate surface area is 641 Å². The summed E-state index contributed by atoms with van der Waals surface area (Å²) in [6, 6.07) is 24.7. The van der Waals surface area contributed by atoms with Crippen LogP contribution in [0.1, 0.15) is 278 Å². The third-order valence-corrected chi connectivity index (χ3v) is 19.6. The molecule has 0 saturated carbocycles. The fraction of sp³-hybridized carbons (Fsp3) is 0.536. The molecule has 3 aromatic heterocycles. The van der Waals surface area contributed by atoms with Gasteiger partial charge in [-0.05, 0) is 76.4 Å². The minimum absolute atomic E-state index is 0.0279. The number of carbonyl (C=O) groups is 3. The highest BCUT2D eigenvalue weighted by atomic mass is 16.5. The van der Waals surface area contributed by atoms with Gasteiger partial charge in [0.15, 0.2) is 17.1 Å². The maximum Gasteiger partial charge on any atom is 0.340 e. The minimum Gasteiger partial charge on any atom is -0.493 e. The van der Waals surface area contributed by atoms with Gasteiger partial charge in [0.1, 0.15) is 52.0 Å². The summed E-state index contributed by atoms with van der Waals surface area (Å²) in [5, 5.41) is 92.4. The van der Waals surface area contributed by atoms with Crippen LogP contribution < -0.4 is 16.7 Å². The normalized spacial score (nSPS) is 11.4. The molecule has 3 N–H and O–H groups in total. The van der Waals surface area contributed by atoms with Crippen LogP contribution in [0.3, 0.4) is 0 Å². The SMILES string of the molecule is CCCCCCCCCCCCOC(=O)c1ccccc1N=Nc1c(C)c(C#N)c(O)n(CCN(CCn2c(O)c(C#N)c(C)c(N=Nc3ccccc3C(=O)OCCCCCCCCCCCC)c2=O)CCn2c(O)c(C#N)c(C)c(N=Nc3ccccc3C(=O)OCCCCCCCCCCCC)c2=O)c1=O. The number of rotatable bonds is 51. The molecular weight excluding hydrogens is 1380 g/mol. The molecule has 109 heavy (non-hydrogen) atoms. The van der Waals surface area contributed by atoms with Crippen LogP contribution in [-0.2, 0) is 33.8 Å². The second kappa shape index (κ2) is 48.8. The van der Waals surface area contributed by atoms with Crippen molar-refractivity contribution in [3.63, 3.8) is 0 Å². The molecule has 3 aromatic carbocycles. The lowest BCUT2D eigenvalue weighted by Crippen LogP contribution is -2.38. The van der Waals surface area contributed by atoms with Crippen molar-refractivity contribution in [2.45, 2.75) is 254 Å². The predicted molar refractivity (Wildman–Crippen MR) is 420 cm³/mol. The zero-order valence-electron chi connectivity index (χ0n) is 64.8. The number of unbranched alkanes of at least 4 members (excludes halogenated alkanes) is 27. The van der Waals surface area contributed by atoms with E-state index >= 15 is 0 Å². The first-order valence-corrected chi connectivity index (χ1v) is 39.3. The van der Waals surface area contributed by atoms with Gasteiger partial charge in [0.2, 0.25) is 17.6 Å². The molecule has 6 aromatic rings. The number of aromatic hydroxyl groups is 3. The average molecular weight is 1490 g/mol. The van der Waals surface area contributed by atoms with Crippen LogP contribution in [0.15, 0.2) is 118 Å². The minimum atomic E-state index is -0.909. The smallest absolute Gasteiger partial charge is 0.340 e. The van der Waals surface area contributed by atoms with Gasteiger partial charge in [0, 0.05) is 56.0 Å². The number of aromatic nitrogens is 3. The second-order valence-electron chi connectivity index (χ2n) is 27.7. The monoisotopic (exact) mass is 1490 g/mol. The number of nitrogens with zero attached hydrogens (tertiary/aromatic N) is 13. The van der Waals surface area contributed by atoms with Crippen LogP contribution >= 0.6 is 0 Å². The van der Waals surface area contributed by atoms with Crippen LogP contribution in [0, 0.1) is 54.8 Å². The first-order valence-electron chi connectivity index (χ1n) is 39.3. The molecule has 6 rings (SSSR count). The number of azo groups is 3. The van der Waals surface area contributed by atoms with Gasteiger partial charge >= 0.3 is 17.9 Å². The number of nitriles is 3. The van der Waals surface area contributed by atoms with Gasteiger partial charge in [0.05, 0.1) is 36.5 Å². The Morgan fingerprint density at radius 1 is 0.358 bits per heavy atom. The number of carbonyl (C=O) groups excluding carboxylic acids is 3. The Balaban J connectivity index is 1.29. The summed E-state index contributed by atoms with van der Waals surface area (Å²) in [5.74, 6) is -4.17. The Kier molecular flexibility index (Phi) is 39.1. The Morgan fingerprint density at radius 2 is 0.578 bits per heavy atom. The molecular formula is C84H111N13O12. The molecule has 25 heteroatoms. The van der Waals surface area contributed by atoms with Gasteiger partial charge in [-0.25, -0.2) is 14.4 Å². The molecule has 0 aliphatic heterocycles. The standard InChI is InChI=1S/C84H111N13O12/c1-7-10-13-16-19-22-25-28-31-40-55-107-82(104)64-43-34-37-46-70(64)88-91-73-61(4)67(58-85)76(98)95(79(73)101)52-49-94(50-53-96-77(99)68(59-86)62(5)74(80(96)102)92-89-71-47-38-35-44-65(71)83(105)108-56-41-32-29-26-23-20-17-14-11-8-2)51-54-97-78(100)69(60-87)63(6)75(81(97)103)93-90-72-48-39-36-45-66(72)84(106)109-57-42-33-30-27-24-21-18-15-12-9-3/h34-39,43-48,98-100H,7-33,40-42,49-57H2,1-6H3. The highest BCUT2D eigenvalue weighted by molar-refractivity contribution is 5.96. The first kappa shape index (κ1) is 87.5. The lowest BCUT2D eigenvalue weighted by molar-refractivity contribution is 0.0489. The van der Waals surface area contributed by atoms with E-state index in [-0.39, 0.29) is 124 Å². The Hall–Kier alpha value is -10.5. The van der Waals surface area contributed by atoms with E-state index in [1.165, 1.54) is 173 Å². The van der Waals surface area contributed by atoms with E-state index in [0.717, 1.165) is 71.5 Å². The fourth-order valence-electron chi connectivity index (χ4n) is 12.9. The summed E-state index contributed by atoms with van der Waals surface area (Å²) in [4.78, 5) is 86.1. The topological polar surface area (TPSA) is 354 Å². The fourth-order valence-corrected chi connectivity index (χ4v) is 12.9. The van der Waals surface area contributed by atoms with Crippen molar-refractivity contribution in [2.24, 2.45) is 30.7 Å². The van der Waals surface area contributed by atoms with Gasteiger partial charge in [-0.15, -0.1) is 30.7 Å². The number of ether oxygens (including phenoxy) is 3. The molecule has 584 valence electrons. The zero-order chi connectivity index (χ0) is 78.7. The summed E-state index contributed by atoms with van der Waals surface area (Å²) < 4.78 is 19.6. The molecule has 0 unspecified atom stereocenters. The summed E-state index contributed by atoms with van der Waals surface area (Å²) in [5.41, 5.74) is -4.45. The average Bonchev–Trinajstić information content (AvgIpc) is 0.791. The number of hydrogen-bond donors (Lipinski definition) is 3. The van der Waals surface area contributed by atoms with Crippen molar-refractivity contribution in [3.8, 4) is 35.8 Å². The molecule has 25 nitrogen and oxygen atoms in total. The van der Waals surface area contributed by atoms with Gasteiger partial charge in [-0.3, -0.25) is 33.0 Å². The highest BCUT2D eigenvalue weighted by Gasteiger charge is 2.26. The number of pyridine rings is 3. The molecule has 0 aliphatic rings. The molecule has 3 heterocycles. The summed E-state index contributed by atoms with van der Waals surface area (Å²) in [7, 11) is 0. The van der Waals surface area contributed by atoms with E-state index in [9.17, 15) is 59.9 Å². The molecule has 0 saturated heterocycles. The Morgan fingerprint density at radius 3 is 0.807 bits per heavy atom. The predicted octanol–water partition coefficient (Wildman–Crippen LogP) is 20.0. The van der Waals surface area contributed by atoms with E-state index < -0.39 is 71.9 Å². The lowest BCUT2D eigenvalue weighted by atomic mass is 10.1. The molecule has 0 spiro atoms. The molecule has 0 bridgehead atoms. The largest absolute Gasteiger partial charge is 0.493 e. The molecule has 0 radical (unpaired) electrons. The molecule has 0 amide bonds. The van der Waals surface area contributed by atoms with E-state index in [1.807, 2.05) is 18.2 Å². The van der Waals surface area contributed by atoms with Crippen LogP contribution in [0.2, 0.25) is 0 Å². The summed E-state index contributed by atoms with van der Waals surface area (Å²) >= 11 is 0. The summed E-state index contributed by atoms with van der Waals surface area (Å²) in [6.07, 6.45) is 33.1. The van der Waals surface area contributed by atoms with Crippen LogP contribution in [0.5, 0.6) is 17.6 Å². The van der Waals surface area contributed by atoms with Crippen molar-refractivity contribution in [3.05, 3.63) is 154 Å². The van der Waals surface area contributed by atoms with E-state index in [2.05, 4.69) is 51.5 Å². The van der Waals surface area contributed by atoms with Gasteiger partial charge in [-0.2, -0.15) is 15.8 Å². The van der Waals surface area contributed by atoms with E-state index in [0.29, 0.717) is 19.3 Å².